The minimum absolute atomic E-state index is 0.283. The second-order valence-corrected chi connectivity index (χ2v) is 3.07. The van der Waals surface area contributed by atoms with Crippen molar-refractivity contribution in [1.29, 1.82) is 0 Å². The van der Waals surface area contributed by atoms with Gasteiger partial charge in [-0.1, -0.05) is 18.2 Å². The van der Waals surface area contributed by atoms with Crippen LogP contribution in [-0.2, 0) is 9.59 Å². The average Bonchev–Trinajstić information content (AvgIpc) is 2.26. The van der Waals surface area contributed by atoms with Crippen LogP contribution in [0.15, 0.2) is 24.3 Å². The van der Waals surface area contributed by atoms with Crippen molar-refractivity contribution in [1.82, 2.24) is 0 Å². The average molecular weight is 230 g/mol. The summed E-state index contributed by atoms with van der Waals surface area (Å²) in [5.74, 6) is -3.41. The lowest BCUT2D eigenvalue weighted by atomic mass is 10.0. The first-order valence-corrected chi connectivity index (χ1v) is 4.27. The van der Waals surface area contributed by atoms with Crippen molar-refractivity contribution in [2.24, 2.45) is 0 Å². The molecule has 0 aliphatic heterocycles. The largest absolute Gasteiger partial charge is 0.479 e. The zero-order valence-electron chi connectivity index (χ0n) is 7.93. The van der Waals surface area contributed by atoms with E-state index in [1.54, 1.807) is 0 Å². The number of halogens is 2. The highest BCUT2D eigenvalue weighted by Crippen LogP contribution is 2.23. The van der Waals surface area contributed by atoms with Gasteiger partial charge in [-0.25, -0.2) is 18.4 Å². The van der Waals surface area contributed by atoms with Gasteiger partial charge in [0.15, 0.2) is 0 Å². The Morgan fingerprint density at radius 1 is 1.00 bits per heavy atom. The molecule has 0 amide bonds. The van der Waals surface area contributed by atoms with Crippen LogP contribution < -0.4 is 0 Å². The van der Waals surface area contributed by atoms with Crippen molar-refractivity contribution in [3.8, 4) is 0 Å². The molecule has 2 N–H and O–H groups in total. The highest BCUT2D eigenvalue weighted by Gasteiger charge is 2.22. The second-order valence-electron chi connectivity index (χ2n) is 3.07. The first-order chi connectivity index (χ1) is 7.43. The third-order valence-electron chi connectivity index (χ3n) is 1.93. The molecule has 86 valence electrons. The van der Waals surface area contributed by atoms with E-state index in [1.807, 2.05) is 0 Å². The maximum Gasteiger partial charge on any atom is 0.343 e. The van der Waals surface area contributed by atoms with Gasteiger partial charge < -0.3 is 10.2 Å². The van der Waals surface area contributed by atoms with Crippen molar-refractivity contribution in [2.45, 2.75) is 12.3 Å². The Kier molecular flexibility index (Phi) is 3.55. The molecule has 4 nitrogen and oxygen atoms in total. The van der Waals surface area contributed by atoms with Gasteiger partial charge in [-0.3, -0.25) is 0 Å². The molecule has 0 saturated heterocycles. The van der Waals surface area contributed by atoms with Crippen LogP contribution in [0, 0.1) is 0 Å². The topological polar surface area (TPSA) is 74.6 Å². The van der Waals surface area contributed by atoms with Crippen molar-refractivity contribution < 1.29 is 28.6 Å². The molecular formula is C10H8F2O4. The lowest BCUT2D eigenvalue weighted by Gasteiger charge is -2.07. The molecule has 1 aromatic carbocycles. The van der Waals surface area contributed by atoms with E-state index in [1.165, 1.54) is 6.07 Å². The summed E-state index contributed by atoms with van der Waals surface area (Å²) in [5, 5.41) is 16.8. The number of benzene rings is 1. The van der Waals surface area contributed by atoms with Gasteiger partial charge in [0.1, 0.15) is 0 Å². The van der Waals surface area contributed by atoms with Crippen molar-refractivity contribution in [3.63, 3.8) is 0 Å². The fraction of sp³-hybridized carbons (Fsp3) is 0.200. The molecule has 0 aromatic heterocycles. The Morgan fingerprint density at radius 3 is 1.69 bits per heavy atom. The molecule has 1 rings (SSSR count). The predicted molar refractivity (Wildman–Crippen MR) is 49.4 cm³/mol. The van der Waals surface area contributed by atoms with Gasteiger partial charge in [-0.15, -0.1) is 0 Å². The molecule has 2 atom stereocenters. The summed E-state index contributed by atoms with van der Waals surface area (Å²) in [6.45, 7) is 0. The smallest absolute Gasteiger partial charge is 0.343 e. The summed E-state index contributed by atoms with van der Waals surface area (Å²) in [7, 11) is 0. The third kappa shape index (κ3) is 2.53. The first kappa shape index (κ1) is 12.1. The van der Waals surface area contributed by atoms with Crippen molar-refractivity contribution in [3.05, 3.63) is 35.4 Å². The van der Waals surface area contributed by atoms with Crippen molar-refractivity contribution in [2.75, 3.05) is 0 Å². The Hall–Kier alpha value is -1.98. The van der Waals surface area contributed by atoms with E-state index in [0.717, 1.165) is 18.2 Å². The van der Waals surface area contributed by atoms with E-state index < -0.39 is 24.3 Å². The highest BCUT2D eigenvalue weighted by molar-refractivity contribution is 5.76. The van der Waals surface area contributed by atoms with Crippen molar-refractivity contribution >= 4 is 11.9 Å². The standard InChI is InChI=1S/C10H8F2O4/c11-7(9(13)14)5-2-1-3-6(4-5)8(12)10(15)16/h1-4,7-8H,(H,13,14)(H,15,16). The number of aliphatic carboxylic acids is 2. The third-order valence-corrected chi connectivity index (χ3v) is 1.93. The summed E-state index contributed by atoms with van der Waals surface area (Å²) in [5.41, 5.74) is -0.567. The number of hydrogen-bond donors (Lipinski definition) is 2. The molecule has 16 heavy (non-hydrogen) atoms. The zero-order chi connectivity index (χ0) is 12.3. The number of carbonyl (C=O) groups is 2. The van der Waals surface area contributed by atoms with Crippen LogP contribution in [0.3, 0.4) is 0 Å². The highest BCUT2D eigenvalue weighted by atomic mass is 19.1. The molecule has 0 aliphatic rings. The van der Waals surface area contributed by atoms with Gasteiger partial charge in [0.2, 0.25) is 12.3 Å². The number of carboxylic acids is 2. The van der Waals surface area contributed by atoms with Crippen LogP contribution in [0.25, 0.3) is 0 Å². The Bertz CT molecular complexity index is 384. The normalized spacial score (nSPS) is 14.1. The van der Waals surface area contributed by atoms with E-state index in [-0.39, 0.29) is 11.1 Å². The van der Waals surface area contributed by atoms with Crippen LogP contribution in [-0.4, -0.2) is 22.2 Å². The van der Waals surface area contributed by atoms with Gasteiger partial charge in [0.05, 0.1) is 0 Å². The van der Waals surface area contributed by atoms with E-state index >= 15 is 0 Å². The van der Waals surface area contributed by atoms with Crippen LogP contribution in [0.2, 0.25) is 0 Å². The molecule has 0 aliphatic carbocycles. The summed E-state index contributed by atoms with van der Waals surface area (Å²) in [6, 6.07) is 4.39. The van der Waals surface area contributed by atoms with Gasteiger partial charge in [-0.2, -0.15) is 0 Å². The second kappa shape index (κ2) is 4.69. The fourth-order valence-electron chi connectivity index (χ4n) is 1.16. The van der Waals surface area contributed by atoms with Gasteiger partial charge in [0.25, 0.3) is 0 Å². The van der Waals surface area contributed by atoms with E-state index in [9.17, 15) is 18.4 Å². The quantitative estimate of drug-likeness (QED) is 0.828. The molecule has 0 radical (unpaired) electrons. The molecule has 0 heterocycles. The number of hydrogen-bond acceptors (Lipinski definition) is 2. The van der Waals surface area contributed by atoms with Crippen LogP contribution in [0.1, 0.15) is 23.5 Å². The van der Waals surface area contributed by atoms with Gasteiger partial charge in [-0.05, 0) is 17.2 Å². The Labute approximate surface area is 89.1 Å². The monoisotopic (exact) mass is 230 g/mol. The molecule has 0 saturated carbocycles. The van der Waals surface area contributed by atoms with Crippen LogP contribution >= 0.6 is 0 Å². The minimum Gasteiger partial charge on any atom is -0.479 e. The molecular weight excluding hydrogens is 222 g/mol. The Morgan fingerprint density at radius 2 is 1.38 bits per heavy atom. The summed E-state index contributed by atoms with van der Waals surface area (Å²) >= 11 is 0. The predicted octanol–water partition coefficient (Wildman–Crippen LogP) is 1.88. The number of carboxylic acid groups (broad SMARTS) is 2. The lowest BCUT2D eigenvalue weighted by molar-refractivity contribution is -0.143. The molecule has 6 heteroatoms. The fourth-order valence-corrected chi connectivity index (χ4v) is 1.16. The number of rotatable bonds is 4. The van der Waals surface area contributed by atoms with Gasteiger partial charge in [0, 0.05) is 0 Å². The molecule has 0 bridgehead atoms. The maximum atomic E-state index is 13.0. The zero-order valence-corrected chi connectivity index (χ0v) is 7.93. The molecule has 1 aromatic rings. The minimum atomic E-state index is -2.29. The molecule has 0 spiro atoms. The van der Waals surface area contributed by atoms with E-state index in [2.05, 4.69) is 0 Å². The van der Waals surface area contributed by atoms with E-state index in [4.69, 9.17) is 10.2 Å². The maximum absolute atomic E-state index is 13.0. The van der Waals surface area contributed by atoms with Gasteiger partial charge >= 0.3 is 11.9 Å². The lowest BCUT2D eigenvalue weighted by Crippen LogP contribution is -2.09. The van der Waals surface area contributed by atoms with Crippen LogP contribution in [0.5, 0.6) is 0 Å². The van der Waals surface area contributed by atoms with Crippen LogP contribution in [0.4, 0.5) is 8.78 Å². The summed E-state index contributed by atoms with van der Waals surface area (Å²) in [6.07, 6.45) is -4.58. The molecule has 0 fully saturated rings. The SMILES string of the molecule is O=C(O)C(F)c1cccc(C(F)C(=O)O)c1. The summed E-state index contributed by atoms with van der Waals surface area (Å²) in [4.78, 5) is 20.7. The Balaban J connectivity index is 3.04. The number of alkyl halides is 2. The first-order valence-electron chi connectivity index (χ1n) is 4.27. The summed E-state index contributed by atoms with van der Waals surface area (Å²) < 4.78 is 26.1. The van der Waals surface area contributed by atoms with E-state index in [0.29, 0.717) is 0 Å². The molecule has 2 unspecified atom stereocenters.